The van der Waals surface area contributed by atoms with E-state index in [2.05, 4.69) is 9.97 Å². The molecule has 10 heteroatoms. The van der Waals surface area contributed by atoms with Gasteiger partial charge in [-0.2, -0.15) is 0 Å². The molecule has 0 spiro atoms. The SMILES string of the molecule is CC(C)c1nc(N(C)S(C)(=O)=O)nc(-c2ccc(F)cc2)c1/C=C/[C@@H]1C[C@H](CCO)OCO1. The van der Waals surface area contributed by atoms with Crippen molar-refractivity contribution in [2.75, 3.05) is 31.0 Å². The maximum atomic E-state index is 13.6. The number of nitrogens with zero attached hydrogens (tertiary/aromatic N) is 3. The van der Waals surface area contributed by atoms with Gasteiger partial charge in [-0.05, 0) is 36.6 Å². The van der Waals surface area contributed by atoms with Crippen molar-refractivity contribution in [2.24, 2.45) is 0 Å². The first kappa shape index (κ1) is 25.2. The number of benzene rings is 1. The highest BCUT2D eigenvalue weighted by Gasteiger charge is 2.24. The molecular formula is C23H30FN3O5S. The Morgan fingerprint density at radius 3 is 2.55 bits per heavy atom. The Bertz CT molecular complexity index is 1090. The second-order valence-corrected chi connectivity index (χ2v) is 10.3. The van der Waals surface area contributed by atoms with Gasteiger partial charge in [0.15, 0.2) is 0 Å². The lowest BCUT2D eigenvalue weighted by Gasteiger charge is -2.28. The summed E-state index contributed by atoms with van der Waals surface area (Å²) in [4.78, 5) is 9.12. The molecule has 0 amide bonds. The molecule has 33 heavy (non-hydrogen) atoms. The maximum Gasteiger partial charge on any atom is 0.239 e. The van der Waals surface area contributed by atoms with Crippen molar-refractivity contribution in [3.63, 3.8) is 0 Å². The van der Waals surface area contributed by atoms with E-state index >= 15 is 0 Å². The van der Waals surface area contributed by atoms with E-state index < -0.39 is 10.0 Å². The molecular weight excluding hydrogens is 449 g/mol. The molecule has 1 saturated heterocycles. The molecule has 0 aliphatic carbocycles. The summed E-state index contributed by atoms with van der Waals surface area (Å²) >= 11 is 0. The summed E-state index contributed by atoms with van der Waals surface area (Å²) in [6, 6.07) is 5.87. The Balaban J connectivity index is 2.11. The number of hydrogen-bond donors (Lipinski definition) is 1. The monoisotopic (exact) mass is 479 g/mol. The number of rotatable bonds is 8. The van der Waals surface area contributed by atoms with E-state index in [4.69, 9.17) is 9.47 Å². The van der Waals surface area contributed by atoms with Crippen LogP contribution >= 0.6 is 0 Å². The Morgan fingerprint density at radius 2 is 1.94 bits per heavy atom. The minimum Gasteiger partial charge on any atom is -0.396 e. The van der Waals surface area contributed by atoms with Gasteiger partial charge in [-0.1, -0.05) is 26.0 Å². The summed E-state index contributed by atoms with van der Waals surface area (Å²) in [5.74, 6) is -0.382. The van der Waals surface area contributed by atoms with E-state index in [1.165, 1.54) is 19.2 Å². The Kier molecular flexibility index (Phi) is 8.17. The Hall–Kier alpha value is -2.40. The van der Waals surface area contributed by atoms with Crippen LogP contribution in [0.2, 0.25) is 0 Å². The van der Waals surface area contributed by atoms with Gasteiger partial charge in [0.2, 0.25) is 16.0 Å². The lowest BCUT2D eigenvalue weighted by atomic mass is 9.97. The fraction of sp³-hybridized carbons (Fsp3) is 0.478. The molecule has 0 radical (unpaired) electrons. The summed E-state index contributed by atoms with van der Waals surface area (Å²) in [5.41, 5.74) is 2.49. The quantitative estimate of drug-likeness (QED) is 0.620. The van der Waals surface area contributed by atoms with Gasteiger partial charge in [-0.15, -0.1) is 0 Å². The molecule has 1 aromatic heterocycles. The molecule has 2 atom stereocenters. The van der Waals surface area contributed by atoms with Gasteiger partial charge in [0.1, 0.15) is 12.6 Å². The summed E-state index contributed by atoms with van der Waals surface area (Å²) in [6.07, 6.45) is 5.64. The number of halogens is 1. The zero-order chi connectivity index (χ0) is 24.2. The van der Waals surface area contributed by atoms with Crippen molar-refractivity contribution in [1.82, 2.24) is 9.97 Å². The van der Waals surface area contributed by atoms with Crippen LogP contribution in [-0.2, 0) is 19.5 Å². The molecule has 1 aliphatic heterocycles. The first-order valence-electron chi connectivity index (χ1n) is 10.7. The Morgan fingerprint density at radius 1 is 1.24 bits per heavy atom. The zero-order valence-corrected chi connectivity index (χ0v) is 20.0. The smallest absolute Gasteiger partial charge is 0.239 e. The molecule has 1 aromatic carbocycles. The summed E-state index contributed by atoms with van der Waals surface area (Å²) in [6.45, 7) is 4.09. The van der Waals surface area contributed by atoms with Gasteiger partial charge >= 0.3 is 0 Å². The van der Waals surface area contributed by atoms with Crippen molar-refractivity contribution in [2.45, 2.75) is 44.8 Å². The minimum atomic E-state index is -3.58. The summed E-state index contributed by atoms with van der Waals surface area (Å²) < 4.78 is 50.1. The highest BCUT2D eigenvalue weighted by Crippen LogP contribution is 2.32. The number of aromatic nitrogens is 2. The largest absolute Gasteiger partial charge is 0.396 e. The molecule has 8 nitrogen and oxygen atoms in total. The van der Waals surface area contributed by atoms with Crippen molar-refractivity contribution in [3.05, 3.63) is 47.4 Å². The number of ether oxygens (including phenoxy) is 2. The highest BCUT2D eigenvalue weighted by atomic mass is 32.2. The van der Waals surface area contributed by atoms with E-state index in [-0.39, 0.29) is 43.3 Å². The van der Waals surface area contributed by atoms with Gasteiger partial charge in [0.25, 0.3) is 0 Å². The van der Waals surface area contributed by atoms with Crippen LogP contribution in [0, 0.1) is 5.82 Å². The fourth-order valence-electron chi connectivity index (χ4n) is 3.50. The summed E-state index contributed by atoms with van der Waals surface area (Å²) in [5, 5.41) is 9.19. The molecule has 180 valence electrons. The number of hydrogen-bond acceptors (Lipinski definition) is 7. The molecule has 3 rings (SSSR count). The molecule has 2 aromatic rings. The van der Waals surface area contributed by atoms with Crippen LogP contribution in [0.1, 0.15) is 43.9 Å². The maximum absolute atomic E-state index is 13.6. The Labute approximate surface area is 194 Å². The van der Waals surface area contributed by atoms with E-state index in [0.29, 0.717) is 35.4 Å². The van der Waals surface area contributed by atoms with Crippen LogP contribution in [0.3, 0.4) is 0 Å². The van der Waals surface area contributed by atoms with Crippen molar-refractivity contribution >= 4 is 22.0 Å². The number of aliphatic hydroxyl groups is 1. The normalized spacial score (nSPS) is 19.4. The van der Waals surface area contributed by atoms with Crippen LogP contribution in [0.25, 0.3) is 17.3 Å². The summed E-state index contributed by atoms with van der Waals surface area (Å²) in [7, 11) is -2.18. The second-order valence-electron chi connectivity index (χ2n) is 8.28. The average molecular weight is 480 g/mol. The second kappa shape index (κ2) is 10.7. The molecule has 0 saturated carbocycles. The standard InChI is InChI=1S/C23H30FN3O5S/c1-15(2)21-20(10-9-18-13-19(11-12-28)32-14-31-18)22(16-5-7-17(24)8-6-16)26-23(25-21)27(3)33(4,29)30/h5-10,15,18-19,28H,11-14H2,1-4H3/b10-9+/t18-,19+/m1/s1. The molecule has 1 fully saturated rings. The lowest BCUT2D eigenvalue weighted by molar-refractivity contribution is -0.164. The van der Waals surface area contributed by atoms with Crippen molar-refractivity contribution in [1.29, 1.82) is 0 Å². The molecule has 1 aliphatic rings. The van der Waals surface area contributed by atoms with E-state index in [1.807, 2.05) is 26.0 Å². The first-order valence-corrected chi connectivity index (χ1v) is 12.6. The number of anilines is 1. The van der Waals surface area contributed by atoms with E-state index in [9.17, 15) is 17.9 Å². The third-order valence-electron chi connectivity index (χ3n) is 5.42. The van der Waals surface area contributed by atoms with Crippen LogP contribution in [0.5, 0.6) is 0 Å². The van der Waals surface area contributed by atoms with Gasteiger partial charge in [-0.3, -0.25) is 0 Å². The van der Waals surface area contributed by atoms with Crippen LogP contribution in [-0.4, -0.2) is 62.4 Å². The third kappa shape index (κ3) is 6.35. The lowest BCUT2D eigenvalue weighted by Crippen LogP contribution is -2.30. The molecule has 2 heterocycles. The fourth-order valence-corrected chi connectivity index (χ4v) is 3.88. The van der Waals surface area contributed by atoms with E-state index in [1.54, 1.807) is 12.1 Å². The zero-order valence-electron chi connectivity index (χ0n) is 19.2. The number of sulfonamides is 1. The minimum absolute atomic E-state index is 0.0382. The topological polar surface area (TPSA) is 102 Å². The average Bonchev–Trinajstić information content (AvgIpc) is 2.77. The third-order valence-corrected chi connectivity index (χ3v) is 6.57. The molecule has 1 N–H and O–H groups in total. The van der Waals surface area contributed by atoms with Crippen LogP contribution in [0.15, 0.2) is 30.3 Å². The van der Waals surface area contributed by atoms with Gasteiger partial charge < -0.3 is 14.6 Å². The van der Waals surface area contributed by atoms with Crippen LogP contribution < -0.4 is 4.31 Å². The van der Waals surface area contributed by atoms with Gasteiger partial charge in [0.05, 0.1) is 29.9 Å². The van der Waals surface area contributed by atoms with Crippen LogP contribution in [0.4, 0.5) is 10.3 Å². The number of aliphatic hydroxyl groups excluding tert-OH is 1. The van der Waals surface area contributed by atoms with Gasteiger partial charge in [-0.25, -0.2) is 27.1 Å². The van der Waals surface area contributed by atoms with E-state index in [0.717, 1.165) is 10.6 Å². The predicted octanol–water partition coefficient (Wildman–Crippen LogP) is 3.33. The first-order chi connectivity index (χ1) is 15.6. The van der Waals surface area contributed by atoms with Crippen molar-refractivity contribution in [3.8, 4) is 11.3 Å². The molecule has 0 bridgehead atoms. The molecule has 0 unspecified atom stereocenters. The predicted molar refractivity (Wildman–Crippen MR) is 125 cm³/mol. The van der Waals surface area contributed by atoms with Gasteiger partial charge in [0, 0.05) is 31.2 Å². The highest BCUT2D eigenvalue weighted by molar-refractivity contribution is 7.92. The van der Waals surface area contributed by atoms with Crippen molar-refractivity contribution < 1.29 is 27.4 Å².